The summed E-state index contributed by atoms with van der Waals surface area (Å²) in [5, 5.41) is 4.69. The minimum Gasteiger partial charge on any atom is -0.337 e. The molecule has 0 atom stereocenters. The van der Waals surface area contributed by atoms with Gasteiger partial charge in [0.2, 0.25) is 0 Å². The summed E-state index contributed by atoms with van der Waals surface area (Å²) in [6, 6.07) is 2.53. The van der Waals surface area contributed by atoms with Gasteiger partial charge in [-0.15, -0.1) is 0 Å². The fourth-order valence-electron chi connectivity index (χ4n) is 1.55. The molecule has 1 aromatic carbocycles. The van der Waals surface area contributed by atoms with E-state index in [1.54, 1.807) is 11.8 Å². The Kier molecular flexibility index (Phi) is 6.43. The second-order valence-corrected chi connectivity index (χ2v) is 7.89. The quantitative estimate of drug-likeness (QED) is 0.746. The zero-order valence-electron chi connectivity index (χ0n) is 12.5. The van der Waals surface area contributed by atoms with Gasteiger partial charge in [-0.1, -0.05) is 32.4 Å². The van der Waals surface area contributed by atoms with E-state index in [0.717, 1.165) is 12.1 Å². The lowest BCUT2D eigenvalue weighted by molar-refractivity contribution is -0.136. The Morgan fingerprint density at radius 2 is 1.91 bits per heavy atom. The maximum Gasteiger partial charge on any atom is 0.418 e. The van der Waals surface area contributed by atoms with Gasteiger partial charge >= 0.3 is 12.2 Å². The molecule has 0 heterocycles. The first-order valence-corrected chi connectivity index (χ1v) is 7.91. The number of urea groups is 1. The topological polar surface area (TPSA) is 41.1 Å². The van der Waals surface area contributed by atoms with E-state index in [-0.39, 0.29) is 15.5 Å². The predicted molar refractivity (Wildman–Crippen MR) is 85.7 cm³/mol. The van der Waals surface area contributed by atoms with E-state index in [0.29, 0.717) is 12.3 Å². The van der Waals surface area contributed by atoms with Crippen molar-refractivity contribution in [3.05, 3.63) is 28.8 Å². The summed E-state index contributed by atoms with van der Waals surface area (Å²) < 4.78 is 38.7. The average Bonchev–Trinajstić information content (AvgIpc) is 2.34. The van der Waals surface area contributed by atoms with E-state index >= 15 is 0 Å². The highest BCUT2D eigenvalue weighted by molar-refractivity contribution is 8.00. The molecule has 2 N–H and O–H groups in total. The summed E-state index contributed by atoms with van der Waals surface area (Å²) in [5.74, 6) is 0.670. The average molecular weight is 355 g/mol. The van der Waals surface area contributed by atoms with Crippen LogP contribution < -0.4 is 10.6 Å². The van der Waals surface area contributed by atoms with Crippen molar-refractivity contribution in [2.45, 2.75) is 31.7 Å². The fourth-order valence-corrected chi connectivity index (χ4v) is 2.54. The number of rotatable bonds is 4. The SMILES string of the molecule is CC(C)(C)SCCNC(=O)Nc1ccc(Cl)cc1C(F)(F)F. The molecule has 0 saturated carbocycles. The molecule has 0 aromatic heterocycles. The Morgan fingerprint density at radius 3 is 2.45 bits per heavy atom. The van der Waals surface area contributed by atoms with Crippen molar-refractivity contribution in [3.63, 3.8) is 0 Å². The molecule has 22 heavy (non-hydrogen) atoms. The first-order chi connectivity index (χ1) is 9.99. The van der Waals surface area contributed by atoms with Gasteiger partial charge in [0.15, 0.2) is 0 Å². The molecule has 8 heteroatoms. The molecule has 0 spiro atoms. The molecule has 0 aliphatic carbocycles. The van der Waals surface area contributed by atoms with Crippen LogP contribution in [-0.4, -0.2) is 23.1 Å². The van der Waals surface area contributed by atoms with E-state index in [4.69, 9.17) is 11.6 Å². The normalized spacial score (nSPS) is 12.1. The molecule has 124 valence electrons. The number of benzene rings is 1. The zero-order valence-corrected chi connectivity index (χ0v) is 14.0. The molecule has 1 rings (SSSR count). The summed E-state index contributed by atoms with van der Waals surface area (Å²) in [5.41, 5.74) is -1.29. The summed E-state index contributed by atoms with van der Waals surface area (Å²) in [7, 11) is 0. The number of hydrogen-bond acceptors (Lipinski definition) is 2. The number of thioether (sulfide) groups is 1. The lowest BCUT2D eigenvalue weighted by Crippen LogP contribution is -2.32. The number of alkyl halides is 3. The van der Waals surface area contributed by atoms with Crippen molar-refractivity contribution >= 4 is 35.1 Å². The van der Waals surface area contributed by atoms with Crippen molar-refractivity contribution in [1.29, 1.82) is 0 Å². The van der Waals surface area contributed by atoms with Crippen molar-refractivity contribution in [2.24, 2.45) is 0 Å². The molecular weight excluding hydrogens is 337 g/mol. The highest BCUT2D eigenvalue weighted by atomic mass is 35.5. The standard InChI is InChI=1S/C14H18ClF3N2OS/c1-13(2,3)22-7-6-19-12(21)20-11-5-4-9(15)8-10(11)14(16,17)18/h4-5,8H,6-7H2,1-3H3,(H2,19,20,21). The van der Waals surface area contributed by atoms with Crippen molar-refractivity contribution in [1.82, 2.24) is 5.32 Å². The molecule has 0 radical (unpaired) electrons. The van der Waals surface area contributed by atoms with E-state index < -0.39 is 17.8 Å². The number of carbonyl (C=O) groups excluding carboxylic acids is 1. The number of nitrogens with one attached hydrogen (secondary N) is 2. The predicted octanol–water partition coefficient (Wildman–Crippen LogP) is 5.01. The van der Waals surface area contributed by atoms with Crippen LogP contribution >= 0.6 is 23.4 Å². The largest absolute Gasteiger partial charge is 0.418 e. The molecule has 2 amide bonds. The van der Waals surface area contributed by atoms with Gasteiger partial charge in [-0.05, 0) is 18.2 Å². The maximum atomic E-state index is 12.9. The molecule has 1 aromatic rings. The number of hydrogen-bond donors (Lipinski definition) is 2. The smallest absolute Gasteiger partial charge is 0.337 e. The molecular formula is C14H18ClF3N2OS. The van der Waals surface area contributed by atoms with E-state index in [9.17, 15) is 18.0 Å². The number of amides is 2. The van der Waals surface area contributed by atoms with Crippen LogP contribution in [-0.2, 0) is 6.18 Å². The molecule has 0 saturated heterocycles. The Labute approximate surface area is 137 Å². The fraction of sp³-hybridized carbons (Fsp3) is 0.500. The summed E-state index contributed by atoms with van der Waals surface area (Å²) in [6.45, 7) is 6.49. The number of anilines is 1. The van der Waals surface area contributed by atoms with Crippen LogP contribution in [0.3, 0.4) is 0 Å². The highest BCUT2D eigenvalue weighted by Gasteiger charge is 2.34. The van der Waals surface area contributed by atoms with E-state index in [1.165, 1.54) is 6.07 Å². The molecule has 0 aliphatic rings. The molecule has 0 fully saturated rings. The first-order valence-electron chi connectivity index (χ1n) is 6.54. The molecule has 0 bridgehead atoms. The van der Waals surface area contributed by atoms with Crippen LogP contribution in [0, 0.1) is 0 Å². The minimum atomic E-state index is -4.59. The van der Waals surface area contributed by atoms with Crippen LogP contribution in [0.1, 0.15) is 26.3 Å². The van der Waals surface area contributed by atoms with Crippen molar-refractivity contribution < 1.29 is 18.0 Å². The van der Waals surface area contributed by atoms with Crippen LogP contribution in [0.4, 0.5) is 23.7 Å². The van der Waals surface area contributed by atoms with E-state index in [1.807, 2.05) is 20.8 Å². The van der Waals surface area contributed by atoms with Gasteiger partial charge in [0.05, 0.1) is 11.3 Å². The summed E-state index contributed by atoms with van der Waals surface area (Å²) in [6.07, 6.45) is -4.59. The first kappa shape index (κ1) is 19.0. The van der Waals surface area contributed by atoms with Gasteiger partial charge in [0.25, 0.3) is 0 Å². The zero-order chi connectivity index (χ0) is 17.0. The Bertz CT molecular complexity index is 530. The number of carbonyl (C=O) groups is 1. The Morgan fingerprint density at radius 1 is 1.27 bits per heavy atom. The van der Waals surface area contributed by atoms with Crippen LogP contribution in [0.2, 0.25) is 5.02 Å². The minimum absolute atomic E-state index is 0.0418. The van der Waals surface area contributed by atoms with E-state index in [2.05, 4.69) is 10.6 Å². The third kappa shape index (κ3) is 6.79. The van der Waals surface area contributed by atoms with Crippen molar-refractivity contribution in [2.75, 3.05) is 17.6 Å². The molecule has 0 aliphatic heterocycles. The highest BCUT2D eigenvalue weighted by Crippen LogP contribution is 2.36. The summed E-state index contributed by atoms with van der Waals surface area (Å²) >= 11 is 7.22. The second kappa shape index (κ2) is 7.46. The third-order valence-corrected chi connectivity index (χ3v) is 3.97. The van der Waals surface area contributed by atoms with Crippen LogP contribution in [0.15, 0.2) is 18.2 Å². The Balaban J connectivity index is 2.62. The van der Waals surface area contributed by atoms with Gasteiger partial charge < -0.3 is 10.6 Å². The monoisotopic (exact) mass is 354 g/mol. The summed E-state index contributed by atoms with van der Waals surface area (Å²) in [4.78, 5) is 11.7. The van der Waals surface area contributed by atoms with Gasteiger partial charge in [-0.25, -0.2) is 4.79 Å². The molecule has 3 nitrogen and oxygen atoms in total. The van der Waals surface area contributed by atoms with Gasteiger partial charge in [-0.3, -0.25) is 0 Å². The third-order valence-electron chi connectivity index (χ3n) is 2.46. The van der Waals surface area contributed by atoms with Gasteiger partial charge in [-0.2, -0.15) is 24.9 Å². The van der Waals surface area contributed by atoms with Crippen LogP contribution in [0.5, 0.6) is 0 Å². The maximum absolute atomic E-state index is 12.9. The van der Waals surface area contributed by atoms with Crippen LogP contribution in [0.25, 0.3) is 0 Å². The lowest BCUT2D eigenvalue weighted by atomic mass is 10.1. The Hall–Kier alpha value is -1.08. The number of halogens is 4. The van der Waals surface area contributed by atoms with Gasteiger partial charge in [0, 0.05) is 22.1 Å². The lowest BCUT2D eigenvalue weighted by Gasteiger charge is -2.18. The van der Waals surface area contributed by atoms with Gasteiger partial charge in [0.1, 0.15) is 0 Å². The van der Waals surface area contributed by atoms with Crippen molar-refractivity contribution in [3.8, 4) is 0 Å². The molecule has 0 unspecified atom stereocenters. The second-order valence-electron chi connectivity index (χ2n) is 5.53.